The highest BCUT2D eigenvalue weighted by molar-refractivity contribution is 6.09. The van der Waals surface area contributed by atoms with Crippen molar-refractivity contribution in [2.75, 3.05) is 0 Å². The second-order valence-corrected chi connectivity index (χ2v) is 10.1. The number of aromatic nitrogens is 1. The van der Waals surface area contributed by atoms with Crippen molar-refractivity contribution in [1.82, 2.24) is 4.57 Å². The molecule has 0 aliphatic rings. The van der Waals surface area contributed by atoms with Crippen LogP contribution in [0.25, 0.3) is 27.5 Å². The molecule has 0 aliphatic carbocycles. The van der Waals surface area contributed by atoms with Crippen LogP contribution in [-0.2, 0) is 10.8 Å². The summed E-state index contributed by atoms with van der Waals surface area (Å²) in [5.74, 6) is 0. The van der Waals surface area contributed by atoms with Gasteiger partial charge < -0.3 is 4.57 Å². The summed E-state index contributed by atoms with van der Waals surface area (Å²) in [6, 6.07) is 22.8. The first-order valence-electron chi connectivity index (χ1n) is 10.2. The highest BCUT2D eigenvalue weighted by atomic mass is 15.0. The van der Waals surface area contributed by atoms with Crippen molar-refractivity contribution in [3.8, 4) is 5.69 Å². The minimum atomic E-state index is 0.124. The van der Waals surface area contributed by atoms with Crippen LogP contribution in [0, 0.1) is 6.92 Å². The molecule has 0 atom stereocenters. The third-order valence-electron chi connectivity index (χ3n) is 5.79. The van der Waals surface area contributed by atoms with E-state index in [0.717, 1.165) is 0 Å². The van der Waals surface area contributed by atoms with Crippen LogP contribution in [0.1, 0.15) is 58.2 Å². The van der Waals surface area contributed by atoms with Crippen LogP contribution < -0.4 is 0 Å². The van der Waals surface area contributed by atoms with E-state index >= 15 is 0 Å². The van der Waals surface area contributed by atoms with Crippen LogP contribution in [0.2, 0.25) is 0 Å². The van der Waals surface area contributed by atoms with Gasteiger partial charge in [-0.2, -0.15) is 0 Å². The summed E-state index contributed by atoms with van der Waals surface area (Å²) in [5, 5.41) is 2.65. The maximum absolute atomic E-state index is 2.44. The Kier molecular flexibility index (Phi) is 4.19. The molecule has 0 fully saturated rings. The lowest BCUT2D eigenvalue weighted by Crippen LogP contribution is -2.11. The summed E-state index contributed by atoms with van der Waals surface area (Å²) >= 11 is 0. The fraction of sp³-hybridized carbons (Fsp3) is 0.333. The van der Waals surface area contributed by atoms with E-state index in [-0.39, 0.29) is 10.8 Å². The topological polar surface area (TPSA) is 4.93 Å². The van der Waals surface area contributed by atoms with E-state index in [4.69, 9.17) is 0 Å². The van der Waals surface area contributed by atoms with Crippen LogP contribution in [0.5, 0.6) is 0 Å². The molecule has 1 aromatic heterocycles. The van der Waals surface area contributed by atoms with Gasteiger partial charge in [0.05, 0.1) is 11.0 Å². The Labute approximate surface area is 169 Å². The quantitative estimate of drug-likeness (QED) is 0.324. The highest BCUT2D eigenvalue weighted by Gasteiger charge is 2.20. The zero-order valence-electron chi connectivity index (χ0n) is 18.2. The standard InChI is InChI=1S/C27H31N/c1-18-8-12-21(13-9-18)28-24-16-19(26(2,3)4)10-14-22(24)23-15-11-20(17-25(23)28)27(5,6)7/h8-17H,1-7H3. The Hall–Kier alpha value is -2.54. The molecule has 0 bridgehead atoms. The molecule has 1 heteroatoms. The molecule has 0 radical (unpaired) electrons. The monoisotopic (exact) mass is 369 g/mol. The van der Waals surface area contributed by atoms with Gasteiger partial charge in [0.2, 0.25) is 0 Å². The van der Waals surface area contributed by atoms with Crippen LogP contribution in [-0.4, -0.2) is 4.57 Å². The third-order valence-corrected chi connectivity index (χ3v) is 5.79. The highest BCUT2D eigenvalue weighted by Crippen LogP contribution is 2.37. The van der Waals surface area contributed by atoms with Crippen LogP contribution in [0.3, 0.4) is 0 Å². The van der Waals surface area contributed by atoms with Gasteiger partial charge in [-0.3, -0.25) is 0 Å². The van der Waals surface area contributed by atoms with Gasteiger partial charge in [-0.05, 0) is 53.1 Å². The first kappa shape index (κ1) is 18.8. The summed E-state index contributed by atoms with van der Waals surface area (Å²) in [6.07, 6.45) is 0. The summed E-state index contributed by atoms with van der Waals surface area (Å²) in [4.78, 5) is 0. The third kappa shape index (κ3) is 3.13. The van der Waals surface area contributed by atoms with Gasteiger partial charge in [0.1, 0.15) is 0 Å². The molecule has 4 aromatic rings. The number of hydrogen-bond acceptors (Lipinski definition) is 0. The predicted octanol–water partition coefficient (Wildman–Crippen LogP) is 7.69. The average molecular weight is 370 g/mol. The van der Waals surface area contributed by atoms with Crippen molar-refractivity contribution in [2.45, 2.75) is 59.3 Å². The van der Waals surface area contributed by atoms with Gasteiger partial charge in [0.15, 0.2) is 0 Å². The molecular formula is C27H31N. The molecule has 0 saturated heterocycles. The SMILES string of the molecule is Cc1ccc(-n2c3cc(C(C)(C)C)ccc3c3ccc(C(C)(C)C)cc32)cc1. The Morgan fingerprint density at radius 2 is 1.00 bits per heavy atom. The predicted molar refractivity (Wildman–Crippen MR) is 123 cm³/mol. The van der Waals surface area contributed by atoms with Gasteiger partial charge in [0.25, 0.3) is 0 Å². The van der Waals surface area contributed by atoms with Crippen LogP contribution >= 0.6 is 0 Å². The van der Waals surface area contributed by atoms with Crippen LogP contribution in [0.15, 0.2) is 60.7 Å². The molecule has 0 aliphatic heterocycles. The molecule has 144 valence electrons. The molecule has 1 heterocycles. The molecule has 0 spiro atoms. The Balaban J connectivity index is 2.13. The van der Waals surface area contributed by atoms with E-state index in [9.17, 15) is 0 Å². The Bertz CT molecular complexity index is 1090. The molecule has 0 amide bonds. The maximum Gasteiger partial charge on any atom is 0.0544 e. The molecule has 0 saturated carbocycles. The number of nitrogens with zero attached hydrogens (tertiary/aromatic N) is 1. The molecule has 28 heavy (non-hydrogen) atoms. The van der Waals surface area contributed by atoms with E-state index in [1.165, 1.54) is 44.2 Å². The average Bonchev–Trinajstić information content (AvgIpc) is 2.94. The number of fused-ring (bicyclic) bond motifs is 3. The molecule has 0 unspecified atom stereocenters. The van der Waals surface area contributed by atoms with Gasteiger partial charge in [-0.15, -0.1) is 0 Å². The zero-order valence-corrected chi connectivity index (χ0v) is 18.2. The summed E-state index contributed by atoms with van der Waals surface area (Å²) < 4.78 is 2.44. The van der Waals surface area contributed by atoms with E-state index < -0.39 is 0 Å². The first-order chi connectivity index (χ1) is 13.1. The van der Waals surface area contributed by atoms with Crippen molar-refractivity contribution in [3.05, 3.63) is 77.4 Å². The van der Waals surface area contributed by atoms with Crippen molar-refractivity contribution < 1.29 is 0 Å². The summed E-state index contributed by atoms with van der Waals surface area (Å²) in [5.41, 5.74) is 8.07. The summed E-state index contributed by atoms with van der Waals surface area (Å²) in [7, 11) is 0. The van der Waals surface area contributed by atoms with Gasteiger partial charge >= 0.3 is 0 Å². The molecule has 4 rings (SSSR count). The number of benzene rings is 3. The first-order valence-corrected chi connectivity index (χ1v) is 10.2. The normalized spacial score (nSPS) is 12.8. The smallest absolute Gasteiger partial charge is 0.0544 e. The zero-order chi connectivity index (χ0) is 20.3. The fourth-order valence-electron chi connectivity index (χ4n) is 3.92. The largest absolute Gasteiger partial charge is 0.309 e. The maximum atomic E-state index is 2.44. The Morgan fingerprint density at radius 1 is 0.571 bits per heavy atom. The van der Waals surface area contributed by atoms with Crippen molar-refractivity contribution in [1.29, 1.82) is 0 Å². The van der Waals surface area contributed by atoms with E-state index in [1.807, 2.05) is 0 Å². The van der Waals surface area contributed by atoms with Crippen molar-refractivity contribution >= 4 is 21.8 Å². The second kappa shape index (κ2) is 6.24. The summed E-state index contributed by atoms with van der Waals surface area (Å²) in [6.45, 7) is 15.8. The number of hydrogen-bond donors (Lipinski definition) is 0. The number of aryl methyl sites for hydroxylation is 1. The second-order valence-electron chi connectivity index (χ2n) is 10.1. The lowest BCUT2D eigenvalue weighted by atomic mass is 9.86. The van der Waals surface area contributed by atoms with E-state index in [2.05, 4.69) is 114 Å². The van der Waals surface area contributed by atoms with Gasteiger partial charge in [-0.1, -0.05) is 83.5 Å². The lowest BCUT2D eigenvalue weighted by Gasteiger charge is -2.20. The van der Waals surface area contributed by atoms with Crippen LogP contribution in [0.4, 0.5) is 0 Å². The molecule has 1 nitrogen and oxygen atoms in total. The minimum Gasteiger partial charge on any atom is -0.309 e. The van der Waals surface area contributed by atoms with Gasteiger partial charge in [-0.25, -0.2) is 0 Å². The van der Waals surface area contributed by atoms with Crippen molar-refractivity contribution in [2.24, 2.45) is 0 Å². The Morgan fingerprint density at radius 3 is 1.39 bits per heavy atom. The minimum absolute atomic E-state index is 0.124. The molecule has 0 N–H and O–H groups in total. The number of rotatable bonds is 1. The fourth-order valence-corrected chi connectivity index (χ4v) is 3.92. The van der Waals surface area contributed by atoms with Gasteiger partial charge in [0, 0.05) is 16.5 Å². The van der Waals surface area contributed by atoms with Crippen molar-refractivity contribution in [3.63, 3.8) is 0 Å². The molecule has 3 aromatic carbocycles. The lowest BCUT2D eigenvalue weighted by molar-refractivity contribution is 0.591. The molecular weight excluding hydrogens is 338 g/mol. The van der Waals surface area contributed by atoms with E-state index in [1.54, 1.807) is 0 Å². The van der Waals surface area contributed by atoms with E-state index in [0.29, 0.717) is 0 Å².